The van der Waals surface area contributed by atoms with Gasteiger partial charge in [-0.2, -0.15) is 0 Å². The molecule has 1 aromatic carbocycles. The standard InChI is InChI=1S/C24H33N5O7/c30-20-7-6-18(19-5-1-8-25-21(19)20)17-26-9-2-11-27(22(31)32)13-4-14-29(24(35)36)16-15-28(23(33)34)12-3-10-26/h1,5-8,30H,2-4,9-17H2,(H,31,32)(H,33,34)(H,35,36). The van der Waals surface area contributed by atoms with Crippen molar-refractivity contribution in [2.45, 2.75) is 25.8 Å². The molecule has 1 saturated heterocycles. The number of carboxylic acid groups (broad SMARTS) is 3. The second-order valence-electron chi connectivity index (χ2n) is 8.79. The van der Waals surface area contributed by atoms with Crippen LogP contribution in [0.5, 0.6) is 5.75 Å². The van der Waals surface area contributed by atoms with Crippen molar-refractivity contribution in [3.8, 4) is 5.75 Å². The van der Waals surface area contributed by atoms with Crippen LogP contribution in [0.15, 0.2) is 30.5 Å². The first-order valence-corrected chi connectivity index (χ1v) is 12.0. The fourth-order valence-corrected chi connectivity index (χ4v) is 4.44. The lowest BCUT2D eigenvalue weighted by molar-refractivity contribution is 0.118. The molecule has 3 rings (SSSR count). The third-order valence-corrected chi connectivity index (χ3v) is 6.34. The molecule has 0 radical (unpaired) electrons. The van der Waals surface area contributed by atoms with Crippen LogP contribution < -0.4 is 0 Å². The molecule has 0 atom stereocenters. The van der Waals surface area contributed by atoms with E-state index < -0.39 is 18.3 Å². The zero-order valence-corrected chi connectivity index (χ0v) is 20.1. The molecule has 1 fully saturated rings. The summed E-state index contributed by atoms with van der Waals surface area (Å²) in [6.45, 7) is 2.59. The number of phenolic OH excluding ortho intramolecular Hbond substituents is 1. The second kappa shape index (κ2) is 12.8. The van der Waals surface area contributed by atoms with Crippen molar-refractivity contribution in [3.63, 3.8) is 0 Å². The minimum atomic E-state index is -1.16. The van der Waals surface area contributed by atoms with Gasteiger partial charge in [0.25, 0.3) is 0 Å². The van der Waals surface area contributed by atoms with Gasteiger partial charge in [0.1, 0.15) is 11.3 Å². The number of aromatic hydroxyl groups is 1. The number of fused-ring (bicyclic) bond motifs is 1. The van der Waals surface area contributed by atoms with E-state index >= 15 is 0 Å². The Kier molecular flexibility index (Phi) is 9.51. The number of benzene rings is 1. The van der Waals surface area contributed by atoms with Crippen molar-refractivity contribution < 1.29 is 34.8 Å². The van der Waals surface area contributed by atoms with E-state index in [4.69, 9.17) is 0 Å². The fourth-order valence-electron chi connectivity index (χ4n) is 4.44. The van der Waals surface area contributed by atoms with Crippen LogP contribution in [0.3, 0.4) is 0 Å². The molecule has 0 aliphatic carbocycles. The van der Waals surface area contributed by atoms with Crippen molar-refractivity contribution >= 4 is 29.2 Å². The summed E-state index contributed by atoms with van der Waals surface area (Å²) in [7, 11) is 0. The van der Waals surface area contributed by atoms with E-state index in [-0.39, 0.29) is 38.5 Å². The highest BCUT2D eigenvalue weighted by molar-refractivity contribution is 5.87. The number of carbonyl (C=O) groups is 3. The molecule has 2 aromatic rings. The van der Waals surface area contributed by atoms with E-state index in [9.17, 15) is 34.8 Å². The highest BCUT2D eigenvalue weighted by Gasteiger charge is 2.20. The quantitative estimate of drug-likeness (QED) is 0.483. The minimum Gasteiger partial charge on any atom is -0.506 e. The summed E-state index contributed by atoms with van der Waals surface area (Å²) in [5.74, 6) is 0.0935. The van der Waals surface area contributed by atoms with Gasteiger partial charge in [-0.05, 0) is 37.0 Å². The molecule has 196 valence electrons. The maximum absolute atomic E-state index is 11.7. The van der Waals surface area contributed by atoms with Crippen LogP contribution in [0, 0.1) is 0 Å². The Hall–Kier alpha value is -3.80. The van der Waals surface area contributed by atoms with Gasteiger partial charge in [-0.15, -0.1) is 0 Å². The summed E-state index contributed by atoms with van der Waals surface area (Å²) in [5.41, 5.74) is 1.46. The van der Waals surface area contributed by atoms with Crippen LogP contribution in [0.25, 0.3) is 10.9 Å². The van der Waals surface area contributed by atoms with E-state index in [0.29, 0.717) is 51.0 Å². The summed E-state index contributed by atoms with van der Waals surface area (Å²) < 4.78 is 0. The van der Waals surface area contributed by atoms with Crippen molar-refractivity contribution in [1.82, 2.24) is 24.6 Å². The molecule has 0 spiro atoms. The largest absolute Gasteiger partial charge is 0.506 e. The first kappa shape index (κ1) is 26.8. The average molecular weight is 504 g/mol. The van der Waals surface area contributed by atoms with Gasteiger partial charge < -0.3 is 35.1 Å². The van der Waals surface area contributed by atoms with Crippen molar-refractivity contribution in [3.05, 3.63) is 36.0 Å². The average Bonchev–Trinajstić information content (AvgIpc) is 2.84. The van der Waals surface area contributed by atoms with Gasteiger partial charge in [0, 0.05) is 70.5 Å². The Morgan fingerprint density at radius 1 is 0.722 bits per heavy atom. The van der Waals surface area contributed by atoms with Crippen LogP contribution in [-0.2, 0) is 6.54 Å². The number of aromatic nitrogens is 1. The van der Waals surface area contributed by atoms with Crippen LogP contribution in [0.1, 0.15) is 24.8 Å². The van der Waals surface area contributed by atoms with Gasteiger partial charge in [-0.1, -0.05) is 12.1 Å². The van der Waals surface area contributed by atoms with Crippen LogP contribution in [-0.4, -0.2) is 116 Å². The Balaban J connectivity index is 1.78. The lowest BCUT2D eigenvalue weighted by Crippen LogP contribution is -2.42. The Labute approximate surface area is 209 Å². The third kappa shape index (κ3) is 7.35. The van der Waals surface area contributed by atoms with Gasteiger partial charge in [0.15, 0.2) is 0 Å². The van der Waals surface area contributed by atoms with Gasteiger partial charge in [0.05, 0.1) is 0 Å². The number of rotatable bonds is 2. The highest BCUT2D eigenvalue weighted by Crippen LogP contribution is 2.26. The first-order valence-electron chi connectivity index (χ1n) is 12.0. The van der Waals surface area contributed by atoms with Crippen LogP contribution >= 0.6 is 0 Å². The number of nitrogens with zero attached hydrogens (tertiary/aromatic N) is 5. The predicted molar refractivity (Wildman–Crippen MR) is 131 cm³/mol. The molecule has 2 heterocycles. The summed E-state index contributed by atoms with van der Waals surface area (Å²) in [6, 6.07) is 7.12. The summed E-state index contributed by atoms with van der Waals surface area (Å²) >= 11 is 0. The van der Waals surface area contributed by atoms with Crippen molar-refractivity contribution in [2.24, 2.45) is 0 Å². The summed E-state index contributed by atoms with van der Waals surface area (Å²) in [4.78, 5) is 45.1. The number of hydrogen-bond acceptors (Lipinski definition) is 6. The molecule has 1 aliphatic heterocycles. The van der Waals surface area contributed by atoms with Gasteiger partial charge >= 0.3 is 18.3 Å². The maximum atomic E-state index is 11.7. The summed E-state index contributed by atoms with van der Waals surface area (Å²) in [6.07, 6.45) is -0.301. The van der Waals surface area contributed by atoms with Gasteiger partial charge in [-0.25, -0.2) is 14.4 Å². The summed E-state index contributed by atoms with van der Waals surface area (Å²) in [5, 5.41) is 39.6. The monoisotopic (exact) mass is 503 g/mol. The SMILES string of the molecule is O=C(O)N1CCCN(Cc2ccc(O)c3ncccc23)CCCN(C(=O)O)CCN(C(=O)O)CCC1. The third-order valence-electron chi connectivity index (χ3n) is 6.34. The molecule has 1 aliphatic rings. The lowest BCUT2D eigenvalue weighted by Gasteiger charge is -2.26. The van der Waals surface area contributed by atoms with Gasteiger partial charge in [-0.3, -0.25) is 9.88 Å². The molecule has 3 amide bonds. The van der Waals surface area contributed by atoms with E-state index in [2.05, 4.69) is 9.88 Å². The van der Waals surface area contributed by atoms with Crippen molar-refractivity contribution in [2.75, 3.05) is 52.4 Å². The fraction of sp³-hybridized carbons (Fsp3) is 0.500. The number of hydrogen-bond donors (Lipinski definition) is 4. The Bertz CT molecular complexity index is 1070. The van der Waals surface area contributed by atoms with Gasteiger partial charge in [0.2, 0.25) is 0 Å². The number of amides is 3. The molecule has 1 aromatic heterocycles. The molecule has 4 N–H and O–H groups in total. The molecular weight excluding hydrogens is 470 g/mol. The molecule has 12 nitrogen and oxygen atoms in total. The highest BCUT2D eigenvalue weighted by atomic mass is 16.4. The van der Waals surface area contributed by atoms with E-state index in [0.717, 1.165) is 15.8 Å². The molecular formula is C24H33N5O7. The smallest absolute Gasteiger partial charge is 0.407 e. The Morgan fingerprint density at radius 3 is 1.75 bits per heavy atom. The molecule has 12 heteroatoms. The maximum Gasteiger partial charge on any atom is 0.407 e. The minimum absolute atomic E-state index is 0.0188. The number of phenols is 1. The zero-order chi connectivity index (χ0) is 26.1. The Morgan fingerprint density at radius 2 is 1.22 bits per heavy atom. The molecule has 0 saturated carbocycles. The lowest BCUT2D eigenvalue weighted by atomic mass is 10.1. The topological polar surface area (TPSA) is 158 Å². The molecule has 0 unspecified atom stereocenters. The van der Waals surface area contributed by atoms with Crippen LogP contribution in [0.2, 0.25) is 0 Å². The van der Waals surface area contributed by atoms with Crippen molar-refractivity contribution in [1.29, 1.82) is 0 Å². The van der Waals surface area contributed by atoms with Crippen LogP contribution in [0.4, 0.5) is 14.4 Å². The molecule has 0 bridgehead atoms. The van der Waals surface area contributed by atoms with E-state index in [1.807, 2.05) is 12.1 Å². The molecule has 36 heavy (non-hydrogen) atoms. The van der Waals surface area contributed by atoms with E-state index in [1.54, 1.807) is 18.3 Å². The first-order chi connectivity index (χ1) is 17.3. The predicted octanol–water partition coefficient (Wildman–Crippen LogP) is 2.87. The normalized spacial score (nSPS) is 17.4. The zero-order valence-electron chi connectivity index (χ0n) is 20.1. The second-order valence-corrected chi connectivity index (χ2v) is 8.79. The number of pyridine rings is 1. The van der Waals surface area contributed by atoms with E-state index in [1.165, 1.54) is 9.80 Å².